The molecule has 0 aliphatic heterocycles. The normalized spacial score (nSPS) is 12.5. The summed E-state index contributed by atoms with van der Waals surface area (Å²) in [5, 5.41) is 21.0. The molecule has 0 aliphatic rings. The summed E-state index contributed by atoms with van der Waals surface area (Å²) in [4.78, 5) is 8.52. The number of hydrogen-bond acceptors (Lipinski definition) is 6. The predicted octanol–water partition coefficient (Wildman–Crippen LogP) is 0.0848. The van der Waals surface area contributed by atoms with Gasteiger partial charge in [-0.3, -0.25) is 0 Å². The molecule has 1 atom stereocenters. The Morgan fingerprint density at radius 2 is 2.12 bits per heavy atom. The molecule has 0 fully saturated rings. The Bertz CT molecular complexity index is 371. The highest BCUT2D eigenvalue weighted by Crippen LogP contribution is 2.17. The van der Waals surface area contributed by atoms with Crippen LogP contribution in [0.4, 0.5) is 11.6 Å². The first kappa shape index (κ1) is 13.7. The predicted molar refractivity (Wildman–Crippen MR) is 66.8 cm³/mol. The minimum Gasteiger partial charge on any atom is -0.394 e. The maximum absolute atomic E-state index is 9.26. The van der Waals surface area contributed by atoms with E-state index in [1.807, 2.05) is 13.8 Å². The summed E-state index contributed by atoms with van der Waals surface area (Å²) in [5.41, 5.74) is 6.55. The highest BCUT2D eigenvalue weighted by atomic mass is 16.3. The van der Waals surface area contributed by atoms with Crippen molar-refractivity contribution in [3.8, 4) is 0 Å². The minimum atomic E-state index is -0.805. The maximum Gasteiger partial charge on any atom is 0.134 e. The van der Waals surface area contributed by atoms with Gasteiger partial charge in [-0.2, -0.15) is 0 Å². The van der Waals surface area contributed by atoms with Crippen molar-refractivity contribution in [2.75, 3.05) is 24.2 Å². The van der Waals surface area contributed by atoms with E-state index in [2.05, 4.69) is 15.3 Å². The lowest BCUT2D eigenvalue weighted by molar-refractivity contribution is 0.105. The molecule has 0 aromatic carbocycles. The zero-order chi connectivity index (χ0) is 12.8. The molecule has 0 saturated heterocycles. The molecule has 0 spiro atoms. The Hall–Kier alpha value is -1.40. The fourth-order valence-electron chi connectivity index (χ4n) is 1.37. The van der Waals surface area contributed by atoms with E-state index in [1.54, 1.807) is 0 Å². The highest BCUT2D eigenvalue weighted by Gasteiger charge is 2.09. The van der Waals surface area contributed by atoms with E-state index >= 15 is 0 Å². The topological polar surface area (TPSA) is 104 Å². The standard InChI is InChI=1S/C11H20N4O2/c1-3-4-9-14-10(12)7(2)11(15-9)13-5-8(17)6-16/h8,16-17H,3-6H2,1-2H3,(H3,12,13,14,15). The highest BCUT2D eigenvalue weighted by molar-refractivity contribution is 5.54. The number of rotatable bonds is 6. The van der Waals surface area contributed by atoms with Gasteiger partial charge >= 0.3 is 0 Å². The second-order valence-electron chi connectivity index (χ2n) is 3.97. The molecule has 1 rings (SSSR count). The summed E-state index contributed by atoms with van der Waals surface area (Å²) >= 11 is 0. The van der Waals surface area contributed by atoms with Gasteiger partial charge in [0.1, 0.15) is 17.5 Å². The average molecular weight is 240 g/mol. The first-order valence-electron chi connectivity index (χ1n) is 5.74. The molecular formula is C11H20N4O2. The molecule has 1 heterocycles. The average Bonchev–Trinajstić information content (AvgIpc) is 2.31. The van der Waals surface area contributed by atoms with Crippen LogP contribution in [-0.4, -0.2) is 39.4 Å². The van der Waals surface area contributed by atoms with Crippen LogP contribution in [0.25, 0.3) is 0 Å². The molecular weight excluding hydrogens is 220 g/mol. The van der Waals surface area contributed by atoms with Gasteiger partial charge in [0.25, 0.3) is 0 Å². The second kappa shape index (κ2) is 6.36. The van der Waals surface area contributed by atoms with Gasteiger partial charge in [-0.1, -0.05) is 6.92 Å². The van der Waals surface area contributed by atoms with Crippen LogP contribution >= 0.6 is 0 Å². The fraction of sp³-hybridized carbons (Fsp3) is 0.636. The molecule has 1 unspecified atom stereocenters. The molecule has 1 aromatic heterocycles. The van der Waals surface area contributed by atoms with Gasteiger partial charge in [0, 0.05) is 18.5 Å². The van der Waals surface area contributed by atoms with Gasteiger partial charge in [0.15, 0.2) is 0 Å². The number of hydrogen-bond donors (Lipinski definition) is 4. The molecule has 17 heavy (non-hydrogen) atoms. The molecule has 1 aromatic rings. The van der Waals surface area contributed by atoms with Gasteiger partial charge in [-0.25, -0.2) is 9.97 Å². The van der Waals surface area contributed by atoms with E-state index in [-0.39, 0.29) is 13.2 Å². The summed E-state index contributed by atoms with van der Waals surface area (Å²) in [7, 11) is 0. The van der Waals surface area contributed by atoms with E-state index in [0.29, 0.717) is 17.5 Å². The quantitative estimate of drug-likeness (QED) is 0.561. The molecule has 6 nitrogen and oxygen atoms in total. The van der Waals surface area contributed by atoms with Crippen molar-refractivity contribution in [1.29, 1.82) is 0 Å². The number of nitrogens with two attached hydrogens (primary N) is 1. The molecule has 0 saturated carbocycles. The number of aryl methyl sites for hydroxylation is 1. The van der Waals surface area contributed by atoms with Crippen molar-refractivity contribution < 1.29 is 10.2 Å². The van der Waals surface area contributed by atoms with E-state index in [1.165, 1.54) is 0 Å². The van der Waals surface area contributed by atoms with E-state index in [9.17, 15) is 5.11 Å². The van der Waals surface area contributed by atoms with Gasteiger partial charge in [0.2, 0.25) is 0 Å². The van der Waals surface area contributed by atoms with Crippen molar-refractivity contribution >= 4 is 11.6 Å². The number of aromatic nitrogens is 2. The second-order valence-corrected chi connectivity index (χ2v) is 3.97. The van der Waals surface area contributed by atoms with Crippen LogP contribution < -0.4 is 11.1 Å². The van der Waals surface area contributed by atoms with Crippen LogP contribution in [0.2, 0.25) is 0 Å². The van der Waals surface area contributed by atoms with Crippen LogP contribution in [0, 0.1) is 6.92 Å². The van der Waals surface area contributed by atoms with Crippen molar-refractivity contribution in [3.05, 3.63) is 11.4 Å². The van der Waals surface area contributed by atoms with Gasteiger partial charge < -0.3 is 21.3 Å². The lowest BCUT2D eigenvalue weighted by atomic mass is 10.2. The molecule has 0 amide bonds. The number of anilines is 2. The third-order valence-corrected chi connectivity index (χ3v) is 2.42. The van der Waals surface area contributed by atoms with Crippen LogP contribution in [0.5, 0.6) is 0 Å². The zero-order valence-corrected chi connectivity index (χ0v) is 10.3. The smallest absolute Gasteiger partial charge is 0.134 e. The Kier molecular flexibility index (Phi) is 5.11. The van der Waals surface area contributed by atoms with Crippen LogP contribution in [0.1, 0.15) is 24.7 Å². The first-order chi connectivity index (χ1) is 8.08. The zero-order valence-electron chi connectivity index (χ0n) is 10.3. The minimum absolute atomic E-state index is 0.235. The van der Waals surface area contributed by atoms with E-state index in [4.69, 9.17) is 10.8 Å². The molecule has 0 aliphatic carbocycles. The van der Waals surface area contributed by atoms with E-state index < -0.39 is 6.10 Å². The molecule has 0 radical (unpaired) electrons. The summed E-state index contributed by atoms with van der Waals surface area (Å²) in [6.07, 6.45) is 0.906. The lowest BCUT2D eigenvalue weighted by Crippen LogP contribution is -2.24. The third kappa shape index (κ3) is 3.83. The number of aliphatic hydroxyl groups is 2. The van der Waals surface area contributed by atoms with Crippen LogP contribution in [0.15, 0.2) is 0 Å². The van der Waals surface area contributed by atoms with Crippen molar-refractivity contribution in [3.63, 3.8) is 0 Å². The van der Waals surface area contributed by atoms with Crippen molar-refractivity contribution in [1.82, 2.24) is 9.97 Å². The maximum atomic E-state index is 9.26. The first-order valence-corrected chi connectivity index (χ1v) is 5.74. The summed E-state index contributed by atoms with van der Waals surface area (Å²) < 4.78 is 0. The van der Waals surface area contributed by atoms with E-state index in [0.717, 1.165) is 18.4 Å². The number of nitrogens with one attached hydrogen (secondary N) is 1. The van der Waals surface area contributed by atoms with Crippen LogP contribution in [0.3, 0.4) is 0 Å². The fourth-order valence-corrected chi connectivity index (χ4v) is 1.37. The Balaban J connectivity index is 2.82. The van der Waals surface area contributed by atoms with Gasteiger partial charge in [0.05, 0.1) is 12.7 Å². The summed E-state index contributed by atoms with van der Waals surface area (Å²) in [6, 6.07) is 0. The SMILES string of the molecule is CCCc1nc(N)c(C)c(NCC(O)CO)n1. The van der Waals surface area contributed by atoms with Crippen molar-refractivity contribution in [2.24, 2.45) is 0 Å². The Morgan fingerprint density at radius 1 is 1.41 bits per heavy atom. The largest absolute Gasteiger partial charge is 0.394 e. The third-order valence-electron chi connectivity index (χ3n) is 2.42. The number of nitrogen functional groups attached to an aromatic ring is 1. The molecule has 5 N–H and O–H groups in total. The molecule has 6 heteroatoms. The Morgan fingerprint density at radius 3 is 2.71 bits per heavy atom. The molecule has 0 bridgehead atoms. The number of nitrogens with zero attached hydrogens (tertiary/aromatic N) is 2. The van der Waals surface area contributed by atoms with Crippen LogP contribution in [-0.2, 0) is 6.42 Å². The van der Waals surface area contributed by atoms with Gasteiger partial charge in [-0.05, 0) is 13.3 Å². The summed E-state index contributed by atoms with van der Waals surface area (Å²) in [5.74, 6) is 1.76. The molecule has 96 valence electrons. The van der Waals surface area contributed by atoms with Crippen molar-refractivity contribution in [2.45, 2.75) is 32.8 Å². The van der Waals surface area contributed by atoms with Gasteiger partial charge in [-0.15, -0.1) is 0 Å². The lowest BCUT2D eigenvalue weighted by Gasteiger charge is -2.13. The monoisotopic (exact) mass is 240 g/mol. The summed E-state index contributed by atoms with van der Waals surface area (Å²) in [6.45, 7) is 3.81. The Labute approximate surface area is 101 Å². The number of aliphatic hydroxyl groups excluding tert-OH is 2.